The average molecular weight is 343 g/mol. The first-order valence-corrected chi connectivity index (χ1v) is 8.87. The summed E-state index contributed by atoms with van der Waals surface area (Å²) in [6, 6.07) is 8.36. The van der Waals surface area contributed by atoms with Crippen molar-refractivity contribution in [1.29, 1.82) is 0 Å². The van der Waals surface area contributed by atoms with Crippen LogP contribution in [0.3, 0.4) is 0 Å². The van der Waals surface area contributed by atoms with E-state index in [0.717, 1.165) is 28.9 Å². The van der Waals surface area contributed by atoms with Crippen LogP contribution in [-0.2, 0) is 4.74 Å². The Labute approximate surface area is 145 Å². The van der Waals surface area contributed by atoms with E-state index in [2.05, 4.69) is 20.2 Å². The summed E-state index contributed by atoms with van der Waals surface area (Å²) in [5, 5.41) is 5.96. The zero-order chi connectivity index (χ0) is 16.1. The summed E-state index contributed by atoms with van der Waals surface area (Å²) in [7, 11) is 0. The number of ether oxygens (including phenoxy) is 1. The van der Waals surface area contributed by atoms with Gasteiger partial charge in [-0.2, -0.15) is 0 Å². The van der Waals surface area contributed by atoms with E-state index in [-0.39, 0.29) is 5.60 Å². The monoisotopic (exact) mass is 342 g/mol. The fourth-order valence-corrected chi connectivity index (χ4v) is 4.49. The Morgan fingerprint density at radius 1 is 1.29 bits per heavy atom. The minimum Gasteiger partial charge on any atom is -0.455 e. The molecule has 0 radical (unpaired) electrons. The van der Waals surface area contributed by atoms with Crippen LogP contribution in [0.4, 0.5) is 5.82 Å². The van der Waals surface area contributed by atoms with Crippen molar-refractivity contribution in [3.63, 3.8) is 0 Å². The summed E-state index contributed by atoms with van der Waals surface area (Å²) in [4.78, 5) is 11.6. The maximum absolute atomic E-state index is 6.29. The quantitative estimate of drug-likeness (QED) is 0.865. The van der Waals surface area contributed by atoms with E-state index in [1.807, 2.05) is 30.5 Å². The van der Waals surface area contributed by atoms with Crippen LogP contribution in [0.15, 0.2) is 35.5 Å². The average Bonchev–Trinajstić information content (AvgIpc) is 2.99. The van der Waals surface area contributed by atoms with Gasteiger partial charge in [-0.3, -0.25) is 10.2 Å². The first-order chi connectivity index (χ1) is 11.7. The molecule has 6 heteroatoms. The lowest BCUT2D eigenvalue weighted by molar-refractivity contribution is -0.0829. The van der Waals surface area contributed by atoms with E-state index in [9.17, 15) is 0 Å². The topological polar surface area (TPSA) is 49.8 Å². The second kappa shape index (κ2) is 5.33. The second-order valence-electron chi connectivity index (χ2n) is 6.99. The number of hydrogen-bond donors (Lipinski definition) is 1. The Bertz CT molecular complexity index is 831. The molecule has 1 atom stereocenters. The van der Waals surface area contributed by atoms with Crippen molar-refractivity contribution in [1.82, 2.24) is 9.88 Å². The van der Waals surface area contributed by atoms with E-state index >= 15 is 0 Å². The number of rotatable bonds is 1. The number of piperidine rings is 3. The number of aliphatic imine (C=N–C) groups is 1. The highest BCUT2D eigenvalue weighted by Crippen LogP contribution is 2.40. The highest BCUT2D eigenvalue weighted by molar-refractivity contribution is 6.35. The molecule has 5 nitrogen and oxygen atoms in total. The summed E-state index contributed by atoms with van der Waals surface area (Å²) in [6.07, 6.45) is 4.25. The molecular weight excluding hydrogens is 324 g/mol. The molecular formula is C18H19ClN4O. The van der Waals surface area contributed by atoms with Crippen LogP contribution in [0.25, 0.3) is 10.8 Å². The summed E-state index contributed by atoms with van der Waals surface area (Å²) in [5.41, 5.74) is -0.132. The van der Waals surface area contributed by atoms with Crippen LogP contribution in [-0.4, -0.2) is 47.7 Å². The number of halogens is 1. The number of aromatic nitrogens is 1. The molecule has 24 heavy (non-hydrogen) atoms. The van der Waals surface area contributed by atoms with Crippen LogP contribution in [0, 0.1) is 5.92 Å². The van der Waals surface area contributed by atoms with Gasteiger partial charge in [0, 0.05) is 34.5 Å². The van der Waals surface area contributed by atoms with Gasteiger partial charge in [0.15, 0.2) is 0 Å². The summed E-state index contributed by atoms with van der Waals surface area (Å²) >= 11 is 6.28. The normalized spacial score (nSPS) is 31.3. The number of fused-ring (bicyclic) bond motifs is 3. The smallest absolute Gasteiger partial charge is 0.291 e. The zero-order valence-electron chi connectivity index (χ0n) is 13.3. The van der Waals surface area contributed by atoms with Gasteiger partial charge in [0.25, 0.3) is 6.02 Å². The fraction of sp³-hybridized carbons (Fsp3) is 0.444. The lowest BCUT2D eigenvalue weighted by Gasteiger charge is -2.50. The van der Waals surface area contributed by atoms with Gasteiger partial charge >= 0.3 is 0 Å². The molecule has 2 aromatic rings. The molecule has 0 aliphatic carbocycles. The van der Waals surface area contributed by atoms with Gasteiger partial charge in [-0.05, 0) is 38.1 Å². The van der Waals surface area contributed by atoms with Gasteiger partial charge in [0.1, 0.15) is 11.4 Å². The van der Waals surface area contributed by atoms with E-state index in [1.54, 1.807) is 0 Å². The van der Waals surface area contributed by atoms with Crippen molar-refractivity contribution in [3.8, 4) is 0 Å². The number of nitrogens with one attached hydrogen (secondary N) is 1. The maximum atomic E-state index is 6.29. The number of pyridine rings is 1. The molecule has 5 heterocycles. The number of anilines is 1. The molecule has 2 bridgehead atoms. The van der Waals surface area contributed by atoms with Crippen LogP contribution >= 0.6 is 11.6 Å². The first-order valence-electron chi connectivity index (χ1n) is 8.49. The van der Waals surface area contributed by atoms with Gasteiger partial charge in [-0.25, -0.2) is 9.98 Å². The predicted molar refractivity (Wildman–Crippen MR) is 95.7 cm³/mol. The molecule has 3 saturated heterocycles. The number of amidine groups is 1. The van der Waals surface area contributed by atoms with Gasteiger partial charge in [0.05, 0.1) is 6.54 Å². The standard InChI is InChI=1S/C18H19ClN4O/c19-15-3-1-2-12-9-20-16(8-14(12)15)22-17-21-10-18(24-17)11-23-6-4-13(18)5-7-23/h1-3,8-9,13H,4-7,10-11H2,(H,20,21,22)/t18-/m0/s1. The third-order valence-electron chi connectivity index (χ3n) is 5.56. The van der Waals surface area contributed by atoms with Crippen LogP contribution in [0.1, 0.15) is 12.8 Å². The summed E-state index contributed by atoms with van der Waals surface area (Å²) in [5.74, 6) is 1.33. The molecule has 1 aromatic heterocycles. The predicted octanol–water partition coefficient (Wildman–Crippen LogP) is 3.15. The molecule has 1 aromatic carbocycles. The van der Waals surface area contributed by atoms with Crippen LogP contribution < -0.4 is 5.32 Å². The minimum absolute atomic E-state index is 0.132. The number of benzene rings is 1. The highest BCUT2D eigenvalue weighted by Gasteiger charge is 2.51. The highest BCUT2D eigenvalue weighted by atomic mass is 35.5. The largest absolute Gasteiger partial charge is 0.455 e. The van der Waals surface area contributed by atoms with E-state index in [4.69, 9.17) is 16.3 Å². The van der Waals surface area contributed by atoms with Gasteiger partial charge in [0.2, 0.25) is 0 Å². The lowest BCUT2D eigenvalue weighted by Crippen LogP contribution is -2.61. The van der Waals surface area contributed by atoms with Gasteiger partial charge < -0.3 is 4.74 Å². The number of hydrogen-bond acceptors (Lipinski definition) is 5. The van der Waals surface area contributed by atoms with E-state index in [1.165, 1.54) is 25.9 Å². The van der Waals surface area contributed by atoms with Crippen molar-refractivity contribution >= 4 is 34.2 Å². The molecule has 0 saturated carbocycles. The molecule has 1 spiro atoms. The van der Waals surface area contributed by atoms with Gasteiger partial charge in [-0.1, -0.05) is 23.7 Å². The third kappa shape index (κ3) is 2.26. The molecule has 0 amide bonds. The van der Waals surface area contributed by atoms with Crippen LogP contribution in [0.5, 0.6) is 0 Å². The van der Waals surface area contributed by atoms with Crippen molar-refractivity contribution < 1.29 is 4.74 Å². The SMILES string of the molecule is Clc1cccc2cnc(NC3=NC[C@@]4(CN5CCC4CC5)O3)cc12. The molecule has 4 aliphatic heterocycles. The summed E-state index contributed by atoms with van der Waals surface area (Å²) < 4.78 is 6.29. The van der Waals surface area contributed by atoms with Crippen molar-refractivity contribution in [2.75, 3.05) is 31.5 Å². The van der Waals surface area contributed by atoms with Crippen molar-refractivity contribution in [3.05, 3.63) is 35.5 Å². The zero-order valence-corrected chi connectivity index (χ0v) is 14.1. The maximum Gasteiger partial charge on any atom is 0.291 e. The minimum atomic E-state index is -0.132. The molecule has 4 aliphatic rings. The van der Waals surface area contributed by atoms with E-state index in [0.29, 0.717) is 17.8 Å². The Kier molecular flexibility index (Phi) is 3.22. The first kappa shape index (κ1) is 14.5. The Morgan fingerprint density at radius 2 is 2.17 bits per heavy atom. The third-order valence-corrected chi connectivity index (χ3v) is 5.89. The number of nitrogens with zero attached hydrogens (tertiary/aromatic N) is 3. The van der Waals surface area contributed by atoms with Gasteiger partial charge in [-0.15, -0.1) is 0 Å². The van der Waals surface area contributed by atoms with Crippen molar-refractivity contribution in [2.24, 2.45) is 10.9 Å². The molecule has 1 N–H and O–H groups in total. The summed E-state index contributed by atoms with van der Waals surface area (Å²) in [6.45, 7) is 4.13. The Morgan fingerprint density at radius 3 is 2.96 bits per heavy atom. The molecule has 0 unspecified atom stereocenters. The Hall–Kier alpha value is -1.85. The lowest BCUT2D eigenvalue weighted by atomic mass is 9.75. The molecule has 6 rings (SSSR count). The second-order valence-corrected chi connectivity index (χ2v) is 7.40. The van der Waals surface area contributed by atoms with Crippen molar-refractivity contribution in [2.45, 2.75) is 18.4 Å². The Balaban J connectivity index is 1.37. The van der Waals surface area contributed by atoms with Crippen LogP contribution in [0.2, 0.25) is 5.02 Å². The van der Waals surface area contributed by atoms with E-state index < -0.39 is 0 Å². The molecule has 124 valence electrons. The molecule has 3 fully saturated rings. The fourth-order valence-electron chi connectivity index (χ4n) is 4.26.